The highest BCUT2D eigenvalue weighted by molar-refractivity contribution is 5.90. The third-order valence-electron chi connectivity index (χ3n) is 7.50. The average Bonchev–Trinajstić information content (AvgIpc) is 3.20. The van der Waals surface area contributed by atoms with Gasteiger partial charge in [0.1, 0.15) is 17.4 Å². The topological polar surface area (TPSA) is 134 Å². The molecular formula is C24H31N3O5. The Balaban J connectivity index is 0.000000207. The first-order chi connectivity index (χ1) is 15.2. The third-order valence-corrected chi connectivity index (χ3v) is 7.50. The predicted octanol–water partition coefficient (Wildman–Crippen LogP) is 2.26. The van der Waals surface area contributed by atoms with Crippen LogP contribution in [0.4, 0.5) is 0 Å². The molecule has 172 valence electrons. The number of nitrogens with zero attached hydrogens (tertiary/aromatic N) is 2. The van der Waals surface area contributed by atoms with Crippen LogP contribution in [-0.4, -0.2) is 62.4 Å². The Morgan fingerprint density at radius 3 is 2.44 bits per heavy atom. The molecule has 4 aliphatic carbocycles. The van der Waals surface area contributed by atoms with Crippen molar-refractivity contribution in [1.29, 1.82) is 5.26 Å². The maximum absolute atomic E-state index is 12.4. The summed E-state index contributed by atoms with van der Waals surface area (Å²) in [5, 5.41) is 40.7. The van der Waals surface area contributed by atoms with Gasteiger partial charge in [-0.1, -0.05) is 12.1 Å². The zero-order valence-electron chi connectivity index (χ0n) is 18.2. The van der Waals surface area contributed by atoms with Gasteiger partial charge in [-0.15, -0.1) is 0 Å². The first-order valence-electron chi connectivity index (χ1n) is 11.4. The monoisotopic (exact) mass is 441 g/mol. The van der Waals surface area contributed by atoms with Gasteiger partial charge in [-0.3, -0.25) is 4.79 Å². The average molecular weight is 442 g/mol. The number of carbonyl (C=O) groups excluding carboxylic acids is 1. The normalized spacial score (nSPS) is 34.5. The van der Waals surface area contributed by atoms with E-state index in [2.05, 4.69) is 11.4 Å². The molecule has 1 heterocycles. The quantitative estimate of drug-likeness (QED) is 0.563. The fourth-order valence-electron chi connectivity index (χ4n) is 6.64. The Morgan fingerprint density at radius 2 is 1.88 bits per heavy atom. The second kappa shape index (κ2) is 8.72. The van der Waals surface area contributed by atoms with E-state index in [1.54, 1.807) is 17.0 Å². The number of nitrogens with one attached hydrogen (secondary N) is 1. The van der Waals surface area contributed by atoms with Crippen molar-refractivity contribution in [3.05, 3.63) is 29.8 Å². The van der Waals surface area contributed by atoms with Gasteiger partial charge in [-0.2, -0.15) is 5.26 Å². The van der Waals surface area contributed by atoms with Crippen LogP contribution < -0.4 is 5.32 Å². The maximum Gasteiger partial charge on any atom is 0.339 e. The van der Waals surface area contributed by atoms with Crippen LogP contribution in [0.25, 0.3) is 0 Å². The van der Waals surface area contributed by atoms with Crippen molar-refractivity contribution in [3.63, 3.8) is 0 Å². The van der Waals surface area contributed by atoms with Crippen LogP contribution in [-0.2, 0) is 4.79 Å². The van der Waals surface area contributed by atoms with Crippen molar-refractivity contribution in [1.82, 2.24) is 10.2 Å². The molecule has 4 N–H and O–H groups in total. The van der Waals surface area contributed by atoms with Crippen LogP contribution in [0.2, 0.25) is 0 Å². The molecule has 5 aliphatic rings. The minimum absolute atomic E-state index is 0.0453. The smallest absolute Gasteiger partial charge is 0.339 e. The zero-order valence-corrected chi connectivity index (χ0v) is 18.2. The van der Waals surface area contributed by atoms with Crippen molar-refractivity contribution in [2.75, 3.05) is 13.1 Å². The van der Waals surface area contributed by atoms with Crippen molar-refractivity contribution >= 4 is 11.9 Å². The van der Waals surface area contributed by atoms with Gasteiger partial charge in [-0.25, -0.2) is 4.79 Å². The van der Waals surface area contributed by atoms with Gasteiger partial charge in [0.15, 0.2) is 0 Å². The number of carboxylic acid groups (broad SMARTS) is 1. The van der Waals surface area contributed by atoms with Crippen molar-refractivity contribution in [2.45, 2.75) is 68.5 Å². The summed E-state index contributed by atoms with van der Waals surface area (Å²) in [5.74, 6) is -0.0279. The molecular weight excluding hydrogens is 410 g/mol. The summed E-state index contributed by atoms with van der Waals surface area (Å²) in [7, 11) is 0. The number of nitriles is 1. The molecule has 1 aromatic rings. The van der Waals surface area contributed by atoms with Gasteiger partial charge < -0.3 is 25.5 Å². The molecule has 32 heavy (non-hydrogen) atoms. The predicted molar refractivity (Wildman–Crippen MR) is 116 cm³/mol. The molecule has 1 aliphatic heterocycles. The SMILES string of the molecule is N#C[C@@H]1CCCN1C(=O)CNC12CC3CC(CC(O)(C3)C1)C2.O=C(O)c1ccccc1O. The number of para-hydroxylation sites is 1. The number of hydrogen-bond acceptors (Lipinski definition) is 6. The minimum atomic E-state index is -1.11. The van der Waals surface area contributed by atoms with Crippen LogP contribution >= 0.6 is 0 Å². The Morgan fingerprint density at radius 1 is 1.19 bits per heavy atom. The Kier molecular flexibility index (Phi) is 6.15. The van der Waals surface area contributed by atoms with E-state index in [1.807, 2.05) is 0 Å². The standard InChI is InChI=1S/C17H25N3O2.C7H6O3/c18-9-14-2-1-3-20(14)15(21)10-19-16-5-12-4-13(6-16)8-17(22,7-12)11-16;8-6-4-2-1-3-5(6)7(9)10/h12-14,19,22H,1-8,10-11H2;1-4,8H,(H,9,10)/t12?,13?,14-,16?,17?;/m0./s1. The Bertz CT molecular complexity index is 912. The fourth-order valence-corrected chi connectivity index (χ4v) is 6.64. The summed E-state index contributed by atoms with van der Waals surface area (Å²) in [6, 6.07) is 7.80. The largest absolute Gasteiger partial charge is 0.507 e. The molecule has 6 rings (SSSR count). The van der Waals surface area contributed by atoms with Crippen molar-refractivity contribution in [3.8, 4) is 11.8 Å². The fraction of sp³-hybridized carbons (Fsp3) is 0.625. The number of aliphatic hydroxyl groups is 1. The molecule has 0 radical (unpaired) electrons. The second-order valence-corrected chi connectivity index (χ2v) is 10.0. The lowest BCUT2D eigenvalue weighted by Gasteiger charge is -2.60. The van der Waals surface area contributed by atoms with Gasteiger partial charge in [-0.05, 0) is 75.3 Å². The Labute approximate surface area is 187 Å². The number of benzene rings is 1. The minimum Gasteiger partial charge on any atom is -0.507 e. The number of aromatic carboxylic acids is 1. The molecule has 1 aromatic carbocycles. The van der Waals surface area contributed by atoms with Crippen LogP contribution in [0.5, 0.6) is 5.75 Å². The van der Waals surface area contributed by atoms with Gasteiger partial charge in [0, 0.05) is 12.1 Å². The molecule has 3 atom stereocenters. The maximum atomic E-state index is 12.4. The van der Waals surface area contributed by atoms with Crippen molar-refractivity contribution in [2.24, 2.45) is 11.8 Å². The first kappa shape index (κ1) is 22.6. The number of aromatic hydroxyl groups is 1. The third kappa shape index (κ3) is 4.59. The van der Waals surface area contributed by atoms with Gasteiger partial charge in [0.05, 0.1) is 18.2 Å². The molecule has 0 aromatic heterocycles. The lowest BCUT2D eigenvalue weighted by Crippen LogP contribution is -2.65. The number of phenols is 1. The molecule has 8 heteroatoms. The van der Waals surface area contributed by atoms with Crippen molar-refractivity contribution < 1.29 is 24.9 Å². The lowest BCUT2D eigenvalue weighted by atomic mass is 9.51. The lowest BCUT2D eigenvalue weighted by molar-refractivity contribution is -0.147. The van der Waals surface area contributed by atoms with Crippen LogP contribution in [0.15, 0.2) is 24.3 Å². The van der Waals surface area contributed by atoms with E-state index in [0.717, 1.165) is 44.9 Å². The number of hydrogen-bond donors (Lipinski definition) is 4. The molecule has 0 spiro atoms. The molecule has 4 saturated carbocycles. The second-order valence-electron chi connectivity index (χ2n) is 10.0. The number of likely N-dealkylation sites (tertiary alicyclic amines) is 1. The number of rotatable bonds is 4. The Hall–Kier alpha value is -2.63. The highest BCUT2D eigenvalue weighted by Gasteiger charge is 2.57. The molecule has 8 nitrogen and oxygen atoms in total. The number of carboxylic acids is 1. The van der Waals surface area contributed by atoms with E-state index in [-0.39, 0.29) is 28.8 Å². The first-order valence-corrected chi connectivity index (χ1v) is 11.4. The van der Waals surface area contributed by atoms with Gasteiger partial charge in [0.25, 0.3) is 0 Å². The summed E-state index contributed by atoms with van der Waals surface area (Å²) in [5.41, 5.74) is -0.609. The van der Waals surface area contributed by atoms with E-state index in [4.69, 9.17) is 15.5 Å². The summed E-state index contributed by atoms with van der Waals surface area (Å²) >= 11 is 0. The summed E-state index contributed by atoms with van der Waals surface area (Å²) in [6.07, 6.45) is 7.87. The van der Waals surface area contributed by atoms with Gasteiger partial charge in [0.2, 0.25) is 5.91 Å². The van der Waals surface area contributed by atoms with Crippen LogP contribution in [0.1, 0.15) is 61.7 Å². The van der Waals surface area contributed by atoms with Crippen LogP contribution in [0.3, 0.4) is 0 Å². The summed E-state index contributed by atoms with van der Waals surface area (Å²) in [6.45, 7) is 1.02. The number of carbonyl (C=O) groups is 2. The number of amides is 1. The highest BCUT2D eigenvalue weighted by Crippen LogP contribution is 2.57. The van der Waals surface area contributed by atoms with E-state index < -0.39 is 11.6 Å². The molecule has 1 saturated heterocycles. The molecule has 1 amide bonds. The highest BCUT2D eigenvalue weighted by atomic mass is 16.4. The molecule has 2 unspecified atom stereocenters. The zero-order chi connectivity index (χ0) is 22.9. The van der Waals surface area contributed by atoms with E-state index >= 15 is 0 Å². The van der Waals surface area contributed by atoms with Crippen LogP contribution in [0, 0.1) is 23.2 Å². The molecule has 4 bridgehead atoms. The van der Waals surface area contributed by atoms with E-state index in [1.165, 1.54) is 18.6 Å². The van der Waals surface area contributed by atoms with E-state index in [0.29, 0.717) is 24.9 Å². The molecule has 5 fully saturated rings. The van der Waals surface area contributed by atoms with Gasteiger partial charge >= 0.3 is 5.97 Å². The van der Waals surface area contributed by atoms with E-state index in [9.17, 15) is 14.7 Å². The summed E-state index contributed by atoms with van der Waals surface area (Å²) in [4.78, 5) is 24.4. The summed E-state index contributed by atoms with van der Waals surface area (Å²) < 4.78 is 0.